The van der Waals surface area contributed by atoms with Crippen molar-refractivity contribution in [3.63, 3.8) is 0 Å². The molecule has 0 bridgehead atoms. The highest BCUT2D eigenvalue weighted by atomic mass is 32.2. The van der Waals surface area contributed by atoms with Crippen molar-refractivity contribution in [2.75, 3.05) is 11.9 Å². The maximum absolute atomic E-state index is 13.0. The number of amides is 2. The molecule has 0 aliphatic carbocycles. The van der Waals surface area contributed by atoms with Crippen LogP contribution in [-0.2, 0) is 9.59 Å². The second-order valence-electron chi connectivity index (χ2n) is 8.01. The van der Waals surface area contributed by atoms with Gasteiger partial charge >= 0.3 is 0 Å². The molecular formula is C25H29N3O2S. The van der Waals surface area contributed by atoms with Crippen LogP contribution in [0, 0.1) is 13.8 Å². The third-order valence-electron chi connectivity index (χ3n) is 5.21. The number of aliphatic imine (C=N–C) groups is 1. The molecule has 1 saturated heterocycles. The molecule has 3 rings (SSSR count). The number of carbonyl (C=O) groups is 2. The summed E-state index contributed by atoms with van der Waals surface area (Å²) in [5, 5.41) is 3.01. The Morgan fingerprint density at radius 1 is 1.19 bits per heavy atom. The van der Waals surface area contributed by atoms with Crippen molar-refractivity contribution in [2.24, 2.45) is 4.99 Å². The van der Waals surface area contributed by atoms with Gasteiger partial charge in [-0.2, -0.15) is 0 Å². The van der Waals surface area contributed by atoms with Gasteiger partial charge in [0.05, 0.1) is 5.69 Å². The Hall–Kier alpha value is -2.86. The number of nitrogens with one attached hydrogen (secondary N) is 1. The van der Waals surface area contributed by atoms with E-state index in [1.165, 1.54) is 17.3 Å². The number of nitrogens with zero attached hydrogens (tertiary/aromatic N) is 2. The number of rotatable bonds is 7. The van der Waals surface area contributed by atoms with Crippen LogP contribution in [0.15, 0.2) is 60.1 Å². The first-order valence-electron chi connectivity index (χ1n) is 10.4. The summed E-state index contributed by atoms with van der Waals surface area (Å²) in [7, 11) is 0. The van der Waals surface area contributed by atoms with Crippen molar-refractivity contribution >= 4 is 40.1 Å². The molecule has 31 heavy (non-hydrogen) atoms. The summed E-state index contributed by atoms with van der Waals surface area (Å²) in [6, 6.07) is 13.8. The summed E-state index contributed by atoms with van der Waals surface area (Å²) >= 11 is 1.34. The van der Waals surface area contributed by atoms with Crippen LogP contribution in [0.4, 0.5) is 11.4 Å². The fraction of sp³-hybridized carbons (Fsp3) is 0.320. The molecule has 1 aliphatic rings. The number of thioether (sulfide) groups is 1. The number of aryl methyl sites for hydroxylation is 2. The highest BCUT2D eigenvalue weighted by Crippen LogP contribution is 2.33. The molecule has 0 spiro atoms. The minimum absolute atomic E-state index is 0.0921. The zero-order valence-corrected chi connectivity index (χ0v) is 19.3. The molecule has 0 aromatic heterocycles. The molecule has 2 amide bonds. The molecule has 1 fully saturated rings. The van der Waals surface area contributed by atoms with Gasteiger partial charge < -0.3 is 5.32 Å². The van der Waals surface area contributed by atoms with Crippen molar-refractivity contribution < 1.29 is 9.59 Å². The van der Waals surface area contributed by atoms with Gasteiger partial charge in [0.1, 0.15) is 5.25 Å². The third kappa shape index (κ3) is 5.44. The van der Waals surface area contributed by atoms with Gasteiger partial charge in [0.15, 0.2) is 5.17 Å². The van der Waals surface area contributed by atoms with E-state index in [4.69, 9.17) is 4.99 Å². The largest absolute Gasteiger partial charge is 0.326 e. The molecule has 6 heteroatoms. The van der Waals surface area contributed by atoms with Gasteiger partial charge in [0.2, 0.25) is 11.8 Å². The SMILES string of the molecule is C=CCN1C(=O)[C@H](CC(=O)Nc2ccc(C(C)C)cc2)SC1=Nc1c(C)cccc1C. The van der Waals surface area contributed by atoms with Gasteiger partial charge in [-0.05, 0) is 48.6 Å². The summed E-state index contributed by atoms with van der Waals surface area (Å²) < 4.78 is 0. The predicted molar refractivity (Wildman–Crippen MR) is 130 cm³/mol. The average molecular weight is 436 g/mol. The molecule has 1 N–H and O–H groups in total. The summed E-state index contributed by atoms with van der Waals surface area (Å²) in [5.41, 5.74) is 4.90. The van der Waals surface area contributed by atoms with Crippen LogP contribution >= 0.6 is 11.8 Å². The van der Waals surface area contributed by atoms with Crippen LogP contribution in [0.3, 0.4) is 0 Å². The highest BCUT2D eigenvalue weighted by molar-refractivity contribution is 8.15. The first-order valence-corrected chi connectivity index (χ1v) is 11.3. The van der Waals surface area contributed by atoms with Crippen LogP contribution in [0.25, 0.3) is 0 Å². The first-order chi connectivity index (χ1) is 14.8. The fourth-order valence-electron chi connectivity index (χ4n) is 3.43. The van der Waals surface area contributed by atoms with Crippen molar-refractivity contribution in [1.82, 2.24) is 4.90 Å². The molecular weight excluding hydrogens is 406 g/mol. The second kappa shape index (κ2) is 9.96. The topological polar surface area (TPSA) is 61.8 Å². The van der Waals surface area contributed by atoms with E-state index in [9.17, 15) is 9.59 Å². The van der Waals surface area contributed by atoms with Crippen molar-refractivity contribution in [3.8, 4) is 0 Å². The van der Waals surface area contributed by atoms with Gasteiger partial charge in [0, 0.05) is 18.7 Å². The number of anilines is 1. The standard InChI is InChI=1S/C25H29N3O2S/c1-6-14-28-24(30)21(31-25(28)27-23-17(4)8-7-9-18(23)5)15-22(29)26-20-12-10-19(11-13-20)16(2)3/h6-13,16,21H,1,14-15H2,2-5H3,(H,26,29)/t21-/m0/s1. The number of para-hydroxylation sites is 1. The van der Waals surface area contributed by atoms with E-state index in [0.717, 1.165) is 22.5 Å². The number of hydrogen-bond acceptors (Lipinski definition) is 4. The van der Waals surface area contributed by atoms with E-state index in [2.05, 4.69) is 25.7 Å². The lowest BCUT2D eigenvalue weighted by molar-refractivity contribution is -0.127. The van der Waals surface area contributed by atoms with Crippen LogP contribution < -0.4 is 5.32 Å². The van der Waals surface area contributed by atoms with E-state index in [1.807, 2.05) is 56.3 Å². The quantitative estimate of drug-likeness (QED) is 0.578. The Morgan fingerprint density at radius 2 is 1.84 bits per heavy atom. The van der Waals surface area contributed by atoms with E-state index in [-0.39, 0.29) is 18.2 Å². The smallest absolute Gasteiger partial charge is 0.242 e. The minimum Gasteiger partial charge on any atom is -0.326 e. The lowest BCUT2D eigenvalue weighted by Crippen LogP contribution is -2.33. The molecule has 1 atom stereocenters. The first kappa shape index (κ1) is 22.8. The summed E-state index contributed by atoms with van der Waals surface area (Å²) in [5.74, 6) is 0.137. The van der Waals surface area contributed by atoms with Gasteiger partial charge in [0.25, 0.3) is 0 Å². The van der Waals surface area contributed by atoms with Crippen molar-refractivity contribution in [2.45, 2.75) is 45.3 Å². The molecule has 0 saturated carbocycles. The Kier molecular flexibility index (Phi) is 7.33. The van der Waals surface area contributed by atoms with E-state index >= 15 is 0 Å². The van der Waals surface area contributed by atoms with Crippen LogP contribution in [0.5, 0.6) is 0 Å². The molecule has 1 aliphatic heterocycles. The van der Waals surface area contributed by atoms with Gasteiger partial charge in [-0.1, -0.05) is 62.0 Å². The van der Waals surface area contributed by atoms with E-state index < -0.39 is 5.25 Å². The van der Waals surface area contributed by atoms with Gasteiger partial charge in [-0.25, -0.2) is 4.99 Å². The van der Waals surface area contributed by atoms with Crippen molar-refractivity contribution in [3.05, 3.63) is 71.8 Å². The Balaban J connectivity index is 1.74. The zero-order chi connectivity index (χ0) is 22.5. The molecule has 1 heterocycles. The summed E-state index contributed by atoms with van der Waals surface area (Å²) in [6.45, 7) is 12.4. The number of hydrogen-bond donors (Lipinski definition) is 1. The molecule has 5 nitrogen and oxygen atoms in total. The van der Waals surface area contributed by atoms with Gasteiger partial charge in [-0.3, -0.25) is 14.5 Å². The van der Waals surface area contributed by atoms with Crippen molar-refractivity contribution in [1.29, 1.82) is 0 Å². The third-order valence-corrected chi connectivity index (χ3v) is 6.39. The highest BCUT2D eigenvalue weighted by Gasteiger charge is 2.38. The van der Waals surface area contributed by atoms with Crippen LogP contribution in [0.1, 0.15) is 42.9 Å². The number of amidine groups is 1. The number of carbonyl (C=O) groups excluding carboxylic acids is 2. The molecule has 0 unspecified atom stereocenters. The fourth-order valence-corrected chi connectivity index (χ4v) is 4.58. The minimum atomic E-state index is -0.502. The monoisotopic (exact) mass is 435 g/mol. The molecule has 2 aromatic rings. The average Bonchev–Trinajstić information content (AvgIpc) is 3.00. The normalized spacial score (nSPS) is 17.5. The summed E-state index contributed by atoms with van der Waals surface area (Å²) in [4.78, 5) is 32.0. The molecule has 2 aromatic carbocycles. The second-order valence-corrected chi connectivity index (χ2v) is 9.18. The maximum Gasteiger partial charge on any atom is 0.242 e. The van der Waals surface area contributed by atoms with E-state index in [1.54, 1.807) is 11.0 Å². The Labute approximate surface area is 188 Å². The maximum atomic E-state index is 13.0. The lowest BCUT2D eigenvalue weighted by Gasteiger charge is -2.15. The molecule has 0 radical (unpaired) electrons. The van der Waals surface area contributed by atoms with Crippen LogP contribution in [0.2, 0.25) is 0 Å². The zero-order valence-electron chi connectivity index (χ0n) is 18.5. The van der Waals surface area contributed by atoms with E-state index in [0.29, 0.717) is 17.6 Å². The summed E-state index contributed by atoms with van der Waals surface area (Å²) in [6.07, 6.45) is 1.77. The predicted octanol–water partition coefficient (Wildman–Crippen LogP) is 5.57. The lowest BCUT2D eigenvalue weighted by atomic mass is 10.0. The number of benzene rings is 2. The Morgan fingerprint density at radius 3 is 2.42 bits per heavy atom. The van der Waals surface area contributed by atoms with Crippen LogP contribution in [-0.4, -0.2) is 33.7 Å². The van der Waals surface area contributed by atoms with Gasteiger partial charge in [-0.15, -0.1) is 6.58 Å². The molecule has 162 valence electrons. The Bertz CT molecular complexity index is 992.